The number of thiophene rings is 1. The van der Waals surface area contributed by atoms with E-state index in [4.69, 9.17) is 10.00 Å². The van der Waals surface area contributed by atoms with Gasteiger partial charge in [0.05, 0.1) is 28.8 Å². The van der Waals surface area contributed by atoms with Crippen molar-refractivity contribution < 1.29 is 19.1 Å². The van der Waals surface area contributed by atoms with Crippen molar-refractivity contribution in [3.63, 3.8) is 0 Å². The number of nitriles is 1. The molecule has 0 fully saturated rings. The van der Waals surface area contributed by atoms with Crippen molar-refractivity contribution in [3.05, 3.63) is 46.2 Å². The lowest BCUT2D eigenvalue weighted by molar-refractivity contribution is -0.147. The van der Waals surface area contributed by atoms with E-state index in [1.165, 1.54) is 23.1 Å². The summed E-state index contributed by atoms with van der Waals surface area (Å²) in [6.45, 7) is 1.48. The van der Waals surface area contributed by atoms with Crippen LogP contribution in [0.4, 0.5) is 5.69 Å². The van der Waals surface area contributed by atoms with Crippen LogP contribution in [0.15, 0.2) is 41.3 Å². The van der Waals surface area contributed by atoms with E-state index >= 15 is 0 Å². The van der Waals surface area contributed by atoms with Gasteiger partial charge in [-0.2, -0.15) is 5.26 Å². The first-order valence-corrected chi connectivity index (χ1v) is 9.93. The summed E-state index contributed by atoms with van der Waals surface area (Å²) in [5.74, 6) is -0.926. The van der Waals surface area contributed by atoms with Gasteiger partial charge < -0.3 is 10.1 Å². The van der Waals surface area contributed by atoms with E-state index in [1.807, 2.05) is 25.1 Å². The fraction of sp³-hybridized carbons (Fsp3) is 0.263. The number of hydrogen-bond donors (Lipinski definition) is 1. The van der Waals surface area contributed by atoms with Crippen molar-refractivity contribution in [1.82, 2.24) is 0 Å². The Bertz CT molecular complexity index is 871. The minimum absolute atomic E-state index is 0.0496. The standard InChI is InChI=1S/C19H18N2O4S2/c1-13-6-8-17(27-13)15(22)7-9-19(24)25-12-18(23)21-14-4-2-3-5-16(14)26-11-10-20/h2-6,8H,7,9,11-12H2,1H3,(H,21,23). The number of benzene rings is 1. The van der Waals surface area contributed by atoms with E-state index in [0.29, 0.717) is 10.6 Å². The molecule has 1 aromatic carbocycles. The van der Waals surface area contributed by atoms with Crippen LogP contribution in [0.2, 0.25) is 0 Å². The van der Waals surface area contributed by atoms with E-state index in [0.717, 1.165) is 9.77 Å². The predicted octanol–water partition coefficient (Wildman–Crippen LogP) is 3.82. The van der Waals surface area contributed by atoms with Crippen LogP contribution in [0, 0.1) is 18.3 Å². The third-order valence-electron chi connectivity index (χ3n) is 3.39. The van der Waals surface area contributed by atoms with Crippen LogP contribution < -0.4 is 5.32 Å². The second kappa shape index (κ2) is 10.5. The molecule has 0 bridgehead atoms. The Morgan fingerprint density at radius 2 is 1.96 bits per heavy atom. The fourth-order valence-corrected chi connectivity index (χ4v) is 3.64. The highest BCUT2D eigenvalue weighted by molar-refractivity contribution is 7.99. The van der Waals surface area contributed by atoms with Crippen molar-refractivity contribution in [3.8, 4) is 6.07 Å². The maximum Gasteiger partial charge on any atom is 0.306 e. The van der Waals surface area contributed by atoms with Gasteiger partial charge in [0.15, 0.2) is 12.4 Å². The van der Waals surface area contributed by atoms with E-state index in [1.54, 1.807) is 24.3 Å². The molecule has 27 heavy (non-hydrogen) atoms. The predicted molar refractivity (Wildman–Crippen MR) is 105 cm³/mol. The van der Waals surface area contributed by atoms with Crippen molar-refractivity contribution in [2.24, 2.45) is 0 Å². The normalized spacial score (nSPS) is 10.1. The first-order chi connectivity index (χ1) is 13.0. The molecule has 0 spiro atoms. The Kier molecular flexibility index (Phi) is 8.04. The number of carbonyl (C=O) groups excluding carboxylic acids is 3. The molecule has 0 unspecified atom stereocenters. The Morgan fingerprint density at radius 1 is 1.19 bits per heavy atom. The second-order valence-electron chi connectivity index (χ2n) is 5.49. The summed E-state index contributed by atoms with van der Waals surface area (Å²) in [6.07, 6.45) is -0.0221. The molecule has 0 atom stereocenters. The zero-order chi connectivity index (χ0) is 19.6. The Hall–Kier alpha value is -2.63. The van der Waals surface area contributed by atoms with E-state index in [-0.39, 0.29) is 24.4 Å². The zero-order valence-electron chi connectivity index (χ0n) is 14.7. The fourth-order valence-electron chi connectivity index (χ4n) is 2.13. The third kappa shape index (κ3) is 6.89. The molecular weight excluding hydrogens is 384 g/mol. The molecule has 0 aliphatic rings. The summed E-state index contributed by atoms with van der Waals surface area (Å²) >= 11 is 2.69. The molecule has 0 saturated heterocycles. The summed E-state index contributed by atoms with van der Waals surface area (Å²) < 4.78 is 4.93. The Labute approximate surface area is 165 Å². The molecule has 2 rings (SSSR count). The van der Waals surface area contributed by atoms with Gasteiger partial charge in [0, 0.05) is 16.2 Å². The first kappa shape index (κ1) is 20.7. The summed E-state index contributed by atoms with van der Waals surface area (Å²) in [5.41, 5.74) is 0.557. The van der Waals surface area contributed by atoms with Gasteiger partial charge in [-0.25, -0.2) is 0 Å². The van der Waals surface area contributed by atoms with Gasteiger partial charge in [0.1, 0.15) is 0 Å². The molecule has 0 aliphatic carbocycles. The largest absolute Gasteiger partial charge is 0.456 e. The third-order valence-corrected chi connectivity index (χ3v) is 5.37. The number of amides is 1. The van der Waals surface area contributed by atoms with Gasteiger partial charge in [-0.1, -0.05) is 12.1 Å². The number of nitrogens with one attached hydrogen (secondary N) is 1. The minimum atomic E-state index is -0.598. The number of ether oxygens (including phenoxy) is 1. The zero-order valence-corrected chi connectivity index (χ0v) is 16.3. The summed E-state index contributed by atoms with van der Waals surface area (Å²) in [7, 11) is 0. The molecule has 0 radical (unpaired) electrons. The lowest BCUT2D eigenvalue weighted by Gasteiger charge is -2.10. The van der Waals surface area contributed by atoms with Gasteiger partial charge in [-0.3, -0.25) is 14.4 Å². The number of thioether (sulfide) groups is 1. The Balaban J connectivity index is 1.76. The van der Waals surface area contributed by atoms with Crippen LogP contribution in [-0.2, 0) is 14.3 Å². The molecule has 0 saturated carbocycles. The molecule has 140 valence electrons. The van der Waals surface area contributed by atoms with Crippen molar-refractivity contribution in [1.29, 1.82) is 5.26 Å². The number of rotatable bonds is 9. The van der Waals surface area contributed by atoms with Crippen LogP contribution in [0.25, 0.3) is 0 Å². The maximum atomic E-state index is 12.0. The monoisotopic (exact) mass is 402 g/mol. The minimum Gasteiger partial charge on any atom is -0.456 e. The second-order valence-corrected chi connectivity index (χ2v) is 7.79. The van der Waals surface area contributed by atoms with Crippen molar-refractivity contribution in [2.45, 2.75) is 24.7 Å². The molecule has 1 amide bonds. The molecule has 8 heteroatoms. The number of aryl methyl sites for hydroxylation is 1. The van der Waals surface area contributed by atoms with E-state index in [9.17, 15) is 14.4 Å². The smallest absolute Gasteiger partial charge is 0.306 e. The lowest BCUT2D eigenvalue weighted by atomic mass is 10.2. The van der Waals surface area contributed by atoms with Gasteiger partial charge in [-0.15, -0.1) is 23.1 Å². The number of carbonyl (C=O) groups is 3. The number of hydrogen-bond acceptors (Lipinski definition) is 7. The van der Waals surface area contributed by atoms with Gasteiger partial charge in [0.25, 0.3) is 5.91 Å². The summed E-state index contributed by atoms with van der Waals surface area (Å²) in [4.78, 5) is 38.1. The van der Waals surface area contributed by atoms with Crippen LogP contribution in [0.5, 0.6) is 0 Å². The molecule has 2 aromatic rings. The molecule has 0 aliphatic heterocycles. The van der Waals surface area contributed by atoms with Gasteiger partial charge >= 0.3 is 5.97 Å². The average molecular weight is 402 g/mol. The van der Waals surface area contributed by atoms with E-state index in [2.05, 4.69) is 5.32 Å². The van der Waals surface area contributed by atoms with Crippen LogP contribution >= 0.6 is 23.1 Å². The van der Waals surface area contributed by atoms with Gasteiger partial charge in [-0.05, 0) is 31.2 Å². The number of nitrogens with zero attached hydrogens (tertiary/aromatic N) is 1. The number of ketones is 1. The number of Topliss-reactive ketones (excluding diaryl/α,β-unsaturated/α-hetero) is 1. The first-order valence-electron chi connectivity index (χ1n) is 8.13. The molecule has 1 N–H and O–H groups in total. The van der Waals surface area contributed by atoms with Crippen molar-refractivity contribution >= 4 is 46.4 Å². The lowest BCUT2D eigenvalue weighted by Crippen LogP contribution is -2.21. The number of para-hydroxylation sites is 1. The van der Waals surface area contributed by atoms with E-state index < -0.39 is 18.5 Å². The maximum absolute atomic E-state index is 12.0. The molecule has 6 nitrogen and oxygen atoms in total. The van der Waals surface area contributed by atoms with Gasteiger partial charge in [0.2, 0.25) is 0 Å². The number of anilines is 1. The van der Waals surface area contributed by atoms with Crippen LogP contribution in [0.3, 0.4) is 0 Å². The highest BCUT2D eigenvalue weighted by atomic mass is 32.2. The SMILES string of the molecule is Cc1ccc(C(=O)CCC(=O)OCC(=O)Nc2ccccc2SCC#N)s1. The van der Waals surface area contributed by atoms with Crippen LogP contribution in [0.1, 0.15) is 27.4 Å². The van der Waals surface area contributed by atoms with Crippen LogP contribution in [-0.4, -0.2) is 30.0 Å². The summed E-state index contributed by atoms with van der Waals surface area (Å²) in [6, 6.07) is 12.7. The molecule has 1 aromatic heterocycles. The molecule has 1 heterocycles. The summed E-state index contributed by atoms with van der Waals surface area (Å²) in [5, 5.41) is 11.3. The highest BCUT2D eigenvalue weighted by Crippen LogP contribution is 2.26. The highest BCUT2D eigenvalue weighted by Gasteiger charge is 2.14. The molecular formula is C19H18N2O4S2. The number of esters is 1. The topological polar surface area (TPSA) is 96.3 Å². The Morgan fingerprint density at radius 3 is 2.67 bits per heavy atom. The average Bonchev–Trinajstić information content (AvgIpc) is 3.10. The van der Waals surface area contributed by atoms with Crippen molar-refractivity contribution in [2.75, 3.05) is 17.7 Å². The quantitative estimate of drug-likeness (QED) is 0.389.